The van der Waals surface area contributed by atoms with Crippen LogP contribution in [0.25, 0.3) is 10.4 Å². The van der Waals surface area contributed by atoms with Gasteiger partial charge in [-0.05, 0) is 36.8 Å². The lowest BCUT2D eigenvalue weighted by Gasteiger charge is -2.16. The molecule has 1 aromatic carbocycles. The van der Waals surface area contributed by atoms with Crippen molar-refractivity contribution in [1.29, 1.82) is 0 Å². The third kappa shape index (κ3) is 3.66. The highest BCUT2D eigenvalue weighted by atomic mass is 32.1. The summed E-state index contributed by atoms with van der Waals surface area (Å²) in [6.45, 7) is 2.12. The summed E-state index contributed by atoms with van der Waals surface area (Å²) in [5.74, 6) is 1.64. The molecule has 2 aromatic heterocycles. The number of hydrogen-bond donors (Lipinski definition) is 1. The van der Waals surface area contributed by atoms with Crippen LogP contribution < -0.4 is 10.1 Å². The molecule has 4 rings (SSSR count). The van der Waals surface area contributed by atoms with Crippen LogP contribution >= 0.6 is 11.3 Å². The molecule has 5 nitrogen and oxygen atoms in total. The predicted molar refractivity (Wildman–Crippen MR) is 99.4 cm³/mol. The summed E-state index contributed by atoms with van der Waals surface area (Å²) in [5.41, 5.74) is 2.13. The van der Waals surface area contributed by atoms with Crippen molar-refractivity contribution in [2.75, 3.05) is 13.2 Å². The molecule has 26 heavy (non-hydrogen) atoms. The number of para-hydroxylation sites is 1. The summed E-state index contributed by atoms with van der Waals surface area (Å²) in [7, 11) is 0. The monoisotopic (exact) mass is 369 g/mol. The van der Waals surface area contributed by atoms with Gasteiger partial charge in [0.15, 0.2) is 0 Å². The van der Waals surface area contributed by atoms with E-state index in [0.29, 0.717) is 31.2 Å². The summed E-state index contributed by atoms with van der Waals surface area (Å²) >= 11 is 1.52. The van der Waals surface area contributed by atoms with Crippen molar-refractivity contribution in [2.24, 2.45) is 0 Å². The normalized spacial score (nSPS) is 12.2. The fourth-order valence-corrected chi connectivity index (χ4v) is 3.96. The summed E-state index contributed by atoms with van der Waals surface area (Å²) in [6, 6.07) is 13.6. The van der Waals surface area contributed by atoms with Crippen LogP contribution in [0.2, 0.25) is 0 Å². The van der Waals surface area contributed by atoms with Crippen molar-refractivity contribution < 1.29 is 18.7 Å². The lowest BCUT2D eigenvalue weighted by atomic mass is 10.1. The topological polar surface area (TPSA) is 60.7 Å². The average Bonchev–Trinajstić information content (AvgIpc) is 3.33. The van der Waals surface area contributed by atoms with Crippen LogP contribution in [0.15, 0.2) is 53.1 Å². The molecule has 0 radical (unpaired) electrons. The third-order valence-electron chi connectivity index (χ3n) is 4.12. The maximum Gasteiger partial charge on any atom is 0.261 e. The Kier molecular flexibility index (Phi) is 5.04. The highest BCUT2D eigenvalue weighted by Gasteiger charge is 2.22. The molecule has 0 spiro atoms. The van der Waals surface area contributed by atoms with Crippen LogP contribution in [0.4, 0.5) is 0 Å². The molecule has 1 aliphatic heterocycles. The van der Waals surface area contributed by atoms with Gasteiger partial charge >= 0.3 is 0 Å². The van der Waals surface area contributed by atoms with Crippen LogP contribution in [0.3, 0.4) is 0 Å². The molecule has 134 valence electrons. The van der Waals surface area contributed by atoms with Crippen molar-refractivity contribution in [3.63, 3.8) is 0 Å². The van der Waals surface area contributed by atoms with Crippen LogP contribution in [-0.4, -0.2) is 19.1 Å². The van der Waals surface area contributed by atoms with Gasteiger partial charge < -0.3 is 19.2 Å². The fourth-order valence-electron chi connectivity index (χ4n) is 2.84. The zero-order valence-corrected chi connectivity index (χ0v) is 15.0. The van der Waals surface area contributed by atoms with Gasteiger partial charge in [0.1, 0.15) is 24.7 Å². The summed E-state index contributed by atoms with van der Waals surface area (Å²) in [5, 5.41) is 2.95. The van der Waals surface area contributed by atoms with Gasteiger partial charge in [-0.15, -0.1) is 11.3 Å². The number of rotatable bonds is 7. The minimum atomic E-state index is -0.0482. The maximum atomic E-state index is 12.4. The molecule has 0 saturated carbocycles. The number of carbonyl (C=O) groups is 1. The molecule has 0 fully saturated rings. The van der Waals surface area contributed by atoms with Crippen molar-refractivity contribution in [3.8, 4) is 16.2 Å². The Morgan fingerprint density at radius 3 is 3.04 bits per heavy atom. The zero-order chi connectivity index (χ0) is 17.8. The van der Waals surface area contributed by atoms with Gasteiger partial charge in [-0.25, -0.2) is 0 Å². The van der Waals surface area contributed by atoms with Gasteiger partial charge in [0.05, 0.1) is 11.1 Å². The summed E-state index contributed by atoms with van der Waals surface area (Å²) < 4.78 is 16.5. The van der Waals surface area contributed by atoms with E-state index in [1.165, 1.54) is 11.3 Å². The molecule has 1 N–H and O–H groups in total. The van der Waals surface area contributed by atoms with Crippen LogP contribution in [0.5, 0.6) is 5.75 Å². The Morgan fingerprint density at radius 1 is 1.23 bits per heavy atom. The van der Waals surface area contributed by atoms with Gasteiger partial charge in [-0.1, -0.05) is 12.1 Å². The van der Waals surface area contributed by atoms with Gasteiger partial charge in [-0.3, -0.25) is 4.79 Å². The van der Waals surface area contributed by atoms with Crippen molar-refractivity contribution in [3.05, 3.63) is 64.9 Å². The first-order chi connectivity index (χ1) is 12.8. The van der Waals surface area contributed by atoms with E-state index >= 15 is 0 Å². The van der Waals surface area contributed by atoms with Crippen LogP contribution in [0, 0.1) is 0 Å². The number of carbonyl (C=O) groups excluding carboxylic acids is 1. The van der Waals surface area contributed by atoms with Crippen LogP contribution in [-0.2, 0) is 18.0 Å². The second kappa shape index (κ2) is 7.76. The SMILES string of the molecule is O=C(NCCCOCc1ccco1)c1cc2c(s1)-c1ccccc1OC2. The number of thiophene rings is 1. The largest absolute Gasteiger partial charge is 0.488 e. The molecule has 0 bridgehead atoms. The number of fused-ring (bicyclic) bond motifs is 3. The van der Waals surface area contributed by atoms with E-state index in [2.05, 4.69) is 5.32 Å². The average molecular weight is 369 g/mol. The molecular formula is C20H19NO4S. The number of ether oxygens (including phenoxy) is 2. The molecule has 6 heteroatoms. The Labute approximate surface area is 155 Å². The van der Waals surface area contributed by atoms with Crippen LogP contribution in [0.1, 0.15) is 27.4 Å². The molecular weight excluding hydrogens is 350 g/mol. The second-order valence-electron chi connectivity index (χ2n) is 5.99. The number of benzene rings is 1. The Hall–Kier alpha value is -2.57. The fraction of sp³-hybridized carbons (Fsp3) is 0.250. The van der Waals surface area contributed by atoms with E-state index in [1.807, 2.05) is 42.5 Å². The van der Waals surface area contributed by atoms with Crippen molar-refractivity contribution in [2.45, 2.75) is 19.6 Å². The summed E-state index contributed by atoms with van der Waals surface area (Å²) in [6.07, 6.45) is 2.38. The van der Waals surface area contributed by atoms with E-state index in [0.717, 1.165) is 33.9 Å². The molecule has 0 atom stereocenters. The quantitative estimate of drug-likeness (QED) is 0.633. The molecule has 3 aromatic rings. The van der Waals surface area contributed by atoms with Gasteiger partial charge in [0, 0.05) is 29.2 Å². The lowest BCUT2D eigenvalue weighted by molar-refractivity contribution is 0.0920. The van der Waals surface area contributed by atoms with E-state index < -0.39 is 0 Å². The first-order valence-electron chi connectivity index (χ1n) is 8.54. The molecule has 0 aliphatic carbocycles. The molecule has 1 aliphatic rings. The minimum Gasteiger partial charge on any atom is -0.488 e. The van der Waals surface area contributed by atoms with E-state index in [1.54, 1.807) is 6.26 Å². The first-order valence-corrected chi connectivity index (χ1v) is 9.36. The molecule has 0 saturated heterocycles. The number of nitrogens with one attached hydrogen (secondary N) is 1. The maximum absolute atomic E-state index is 12.4. The molecule has 3 heterocycles. The summed E-state index contributed by atoms with van der Waals surface area (Å²) in [4.78, 5) is 14.2. The Balaban J connectivity index is 1.28. The third-order valence-corrected chi connectivity index (χ3v) is 5.33. The first kappa shape index (κ1) is 16.9. The van der Waals surface area contributed by atoms with Gasteiger partial charge in [-0.2, -0.15) is 0 Å². The Bertz CT molecular complexity index is 885. The molecule has 0 unspecified atom stereocenters. The highest BCUT2D eigenvalue weighted by molar-refractivity contribution is 7.17. The van der Waals surface area contributed by atoms with E-state index in [9.17, 15) is 4.79 Å². The Morgan fingerprint density at radius 2 is 2.15 bits per heavy atom. The number of hydrogen-bond acceptors (Lipinski definition) is 5. The van der Waals surface area contributed by atoms with Gasteiger partial charge in [0.25, 0.3) is 5.91 Å². The van der Waals surface area contributed by atoms with Crippen molar-refractivity contribution in [1.82, 2.24) is 5.32 Å². The van der Waals surface area contributed by atoms with E-state index in [-0.39, 0.29) is 5.91 Å². The van der Waals surface area contributed by atoms with Gasteiger partial charge in [0.2, 0.25) is 0 Å². The number of amides is 1. The number of furan rings is 1. The zero-order valence-electron chi connectivity index (χ0n) is 14.2. The van der Waals surface area contributed by atoms with Crippen molar-refractivity contribution >= 4 is 17.2 Å². The standard InChI is InChI=1S/C20H19NO4S/c22-20(21-8-4-9-23-13-15-5-3-10-24-15)18-11-14-12-25-17-7-2-1-6-16(17)19(14)26-18/h1-3,5-7,10-11H,4,8-9,12-13H2,(H,21,22). The highest BCUT2D eigenvalue weighted by Crippen LogP contribution is 2.42. The lowest BCUT2D eigenvalue weighted by Crippen LogP contribution is -2.24. The predicted octanol–water partition coefficient (Wildman–Crippen LogP) is 4.24. The molecule has 1 amide bonds. The second-order valence-corrected chi connectivity index (χ2v) is 7.04. The minimum absolute atomic E-state index is 0.0482. The smallest absolute Gasteiger partial charge is 0.261 e. The van der Waals surface area contributed by atoms with E-state index in [4.69, 9.17) is 13.9 Å².